The second kappa shape index (κ2) is 11.9. The Bertz CT molecular complexity index is 648. The van der Waals surface area contributed by atoms with Crippen LogP contribution in [0.3, 0.4) is 0 Å². The van der Waals surface area contributed by atoms with Crippen molar-refractivity contribution in [3.63, 3.8) is 0 Å². The van der Waals surface area contributed by atoms with Crippen molar-refractivity contribution >= 4 is 18.2 Å². The summed E-state index contributed by atoms with van der Waals surface area (Å²) in [5, 5.41) is 61.8. The lowest BCUT2D eigenvalue weighted by molar-refractivity contribution is -0.340. The fourth-order valence-electron chi connectivity index (χ4n) is 3.45. The first kappa shape index (κ1) is 26.5. The molecule has 2 heterocycles. The first-order valence-corrected chi connectivity index (χ1v) is 9.97. The van der Waals surface area contributed by atoms with E-state index in [1.54, 1.807) is 0 Å². The number of hydrogen-bond acceptors (Lipinski definition) is 12. The normalized spacial score (nSPS) is 39.9. The molecule has 1 amide bonds. The molecular formula is C18H29NO13. The van der Waals surface area contributed by atoms with Gasteiger partial charge in [0.15, 0.2) is 18.7 Å². The Labute approximate surface area is 182 Å². The molecule has 184 valence electrons. The van der Waals surface area contributed by atoms with E-state index in [1.807, 2.05) is 0 Å². The number of aldehydes is 1. The molecule has 0 saturated carbocycles. The zero-order chi connectivity index (χ0) is 24.0. The Morgan fingerprint density at radius 3 is 2.28 bits per heavy atom. The average molecular weight is 467 g/mol. The van der Waals surface area contributed by atoms with Crippen molar-refractivity contribution in [2.45, 2.75) is 81.1 Å². The average Bonchev–Trinajstić information content (AvgIpc) is 2.74. The lowest BCUT2D eigenvalue weighted by Gasteiger charge is -2.47. The van der Waals surface area contributed by atoms with Crippen LogP contribution >= 0.6 is 0 Å². The summed E-state index contributed by atoms with van der Waals surface area (Å²) in [4.78, 5) is 33.5. The molecule has 0 unspecified atom stereocenters. The van der Waals surface area contributed by atoms with E-state index in [4.69, 9.17) is 18.9 Å². The number of carboxylic acids is 1. The van der Waals surface area contributed by atoms with Crippen LogP contribution in [0.5, 0.6) is 0 Å². The van der Waals surface area contributed by atoms with Gasteiger partial charge in [0.2, 0.25) is 5.91 Å². The third kappa shape index (κ3) is 6.18. The maximum absolute atomic E-state index is 11.7. The summed E-state index contributed by atoms with van der Waals surface area (Å²) in [6.07, 6.45) is -14.0. The molecule has 2 fully saturated rings. The maximum atomic E-state index is 11.7. The van der Waals surface area contributed by atoms with E-state index < -0.39 is 79.8 Å². The number of carbonyl (C=O) groups is 3. The van der Waals surface area contributed by atoms with Gasteiger partial charge in [-0.2, -0.15) is 0 Å². The summed E-state index contributed by atoms with van der Waals surface area (Å²) in [6.45, 7) is 0.502. The van der Waals surface area contributed by atoms with E-state index in [0.29, 0.717) is 12.7 Å². The molecule has 0 radical (unpaired) electrons. The molecule has 32 heavy (non-hydrogen) atoms. The van der Waals surface area contributed by atoms with E-state index in [0.717, 1.165) is 6.92 Å². The number of hydrogen-bond donors (Lipinski definition) is 7. The topological polar surface area (TPSA) is 222 Å². The van der Waals surface area contributed by atoms with Crippen molar-refractivity contribution in [2.24, 2.45) is 0 Å². The Balaban J connectivity index is 2.27. The van der Waals surface area contributed by atoms with Gasteiger partial charge in [0, 0.05) is 13.3 Å². The van der Waals surface area contributed by atoms with E-state index in [2.05, 4.69) is 5.32 Å². The number of unbranched alkanes of at least 4 members (excludes halogenated alkanes) is 1. The van der Waals surface area contributed by atoms with E-state index >= 15 is 0 Å². The second-order valence-electron chi connectivity index (χ2n) is 7.46. The number of carbonyl (C=O) groups excluding carboxylic acids is 2. The predicted molar refractivity (Wildman–Crippen MR) is 99.8 cm³/mol. The van der Waals surface area contributed by atoms with Gasteiger partial charge in [-0.3, -0.25) is 4.79 Å². The summed E-state index contributed by atoms with van der Waals surface area (Å²) in [6, 6.07) is -1.22. The largest absolute Gasteiger partial charge is 0.479 e. The molecule has 14 heteroatoms. The van der Waals surface area contributed by atoms with Crippen molar-refractivity contribution in [3.8, 4) is 0 Å². The number of ether oxygens (including phenoxy) is 4. The third-order valence-electron chi connectivity index (χ3n) is 5.08. The van der Waals surface area contributed by atoms with Crippen LogP contribution in [0.25, 0.3) is 0 Å². The molecule has 0 bridgehead atoms. The van der Waals surface area contributed by atoms with E-state index in [1.165, 1.54) is 0 Å². The molecule has 0 spiro atoms. The van der Waals surface area contributed by atoms with Crippen LogP contribution < -0.4 is 5.32 Å². The Kier molecular flexibility index (Phi) is 9.87. The monoisotopic (exact) mass is 467 g/mol. The molecular weight excluding hydrogens is 438 g/mol. The summed E-state index contributed by atoms with van der Waals surface area (Å²) >= 11 is 0. The van der Waals surface area contributed by atoms with Gasteiger partial charge in [-0.05, 0) is 6.42 Å². The van der Waals surface area contributed by atoms with Crippen LogP contribution in [-0.2, 0) is 33.3 Å². The highest BCUT2D eigenvalue weighted by molar-refractivity contribution is 5.73. The van der Waals surface area contributed by atoms with E-state index in [-0.39, 0.29) is 13.0 Å². The van der Waals surface area contributed by atoms with E-state index in [9.17, 15) is 45.0 Å². The van der Waals surface area contributed by atoms with Gasteiger partial charge in [0.1, 0.15) is 49.0 Å². The van der Waals surface area contributed by atoms with Crippen LogP contribution in [0.2, 0.25) is 0 Å². The first-order valence-electron chi connectivity index (χ1n) is 9.97. The van der Waals surface area contributed by atoms with Gasteiger partial charge in [-0.15, -0.1) is 0 Å². The highest BCUT2D eigenvalue weighted by atomic mass is 16.7. The number of nitrogens with one attached hydrogen (secondary N) is 1. The Hall–Kier alpha value is -1.75. The minimum atomic E-state index is -1.95. The Morgan fingerprint density at radius 2 is 1.72 bits per heavy atom. The van der Waals surface area contributed by atoms with Crippen LogP contribution in [0.1, 0.15) is 19.8 Å². The van der Waals surface area contributed by atoms with Crippen LogP contribution in [0.4, 0.5) is 0 Å². The highest BCUT2D eigenvalue weighted by Gasteiger charge is 2.52. The number of aliphatic hydroxyl groups excluding tert-OH is 5. The smallest absolute Gasteiger partial charge is 0.335 e. The molecule has 2 aliphatic heterocycles. The second-order valence-corrected chi connectivity index (χ2v) is 7.46. The molecule has 0 aromatic carbocycles. The van der Waals surface area contributed by atoms with Crippen molar-refractivity contribution in [1.29, 1.82) is 0 Å². The van der Waals surface area contributed by atoms with Crippen molar-refractivity contribution < 1.29 is 64.0 Å². The van der Waals surface area contributed by atoms with Crippen molar-refractivity contribution in [3.05, 3.63) is 0 Å². The SMILES string of the molecule is CC(=O)N[C@H]1[C@H](OCCCC=O)O[C@H](CO)[C@@H](O)[C@@H]1O[C@@H]1O[C@H](C(=O)O)[C@@H](O)[C@H](O)[C@H]1O. The first-order chi connectivity index (χ1) is 15.1. The minimum Gasteiger partial charge on any atom is -0.479 e. The van der Waals surface area contributed by atoms with Crippen LogP contribution in [0, 0.1) is 0 Å². The highest BCUT2D eigenvalue weighted by Crippen LogP contribution is 2.30. The predicted octanol–water partition coefficient (Wildman–Crippen LogP) is -4.16. The fourth-order valence-corrected chi connectivity index (χ4v) is 3.45. The number of amides is 1. The molecule has 2 saturated heterocycles. The summed E-state index contributed by atoms with van der Waals surface area (Å²) in [7, 11) is 0. The molecule has 0 aliphatic carbocycles. The summed E-state index contributed by atoms with van der Waals surface area (Å²) in [5.41, 5.74) is 0. The zero-order valence-electron chi connectivity index (χ0n) is 17.2. The summed E-state index contributed by atoms with van der Waals surface area (Å²) < 4.78 is 21.7. The molecule has 0 aromatic rings. The Morgan fingerprint density at radius 1 is 1.03 bits per heavy atom. The van der Waals surface area contributed by atoms with Gasteiger partial charge >= 0.3 is 5.97 Å². The van der Waals surface area contributed by atoms with Gasteiger partial charge in [0.25, 0.3) is 0 Å². The van der Waals surface area contributed by atoms with Crippen LogP contribution in [0.15, 0.2) is 0 Å². The maximum Gasteiger partial charge on any atom is 0.335 e. The third-order valence-corrected chi connectivity index (χ3v) is 5.08. The lowest BCUT2D eigenvalue weighted by atomic mass is 9.95. The lowest BCUT2D eigenvalue weighted by Crippen LogP contribution is -2.68. The molecule has 14 nitrogen and oxygen atoms in total. The summed E-state index contributed by atoms with van der Waals surface area (Å²) in [5.74, 6) is -2.21. The van der Waals surface area contributed by atoms with Gasteiger partial charge in [-0.1, -0.05) is 0 Å². The number of aliphatic carboxylic acids is 1. The van der Waals surface area contributed by atoms with Gasteiger partial charge in [0.05, 0.1) is 13.2 Å². The van der Waals surface area contributed by atoms with Crippen LogP contribution in [-0.4, -0.2) is 123 Å². The van der Waals surface area contributed by atoms with Gasteiger partial charge in [-0.25, -0.2) is 4.79 Å². The quantitative estimate of drug-likeness (QED) is 0.120. The molecule has 10 atom stereocenters. The number of aliphatic hydroxyl groups is 5. The molecule has 2 aliphatic rings. The minimum absolute atomic E-state index is 0.0228. The molecule has 0 aromatic heterocycles. The zero-order valence-corrected chi connectivity index (χ0v) is 17.2. The standard InChI is InChI=1S/C18H29NO13/c1-7(22)19-9-14(10(23)8(6-21)30-17(9)29-5-3-2-4-20)31-18-13(26)11(24)12(25)15(32-18)16(27)28/h4,8-15,17-18,21,23-26H,2-3,5-6H2,1H3,(H,19,22)(H,27,28)/t8-,9-,10-,11+,12+,13-,14-,15+,17-,18-/m1/s1. The number of rotatable bonds is 10. The number of carboxylic acid groups (broad SMARTS) is 1. The molecule has 2 rings (SSSR count). The van der Waals surface area contributed by atoms with Gasteiger partial charge < -0.3 is 59.7 Å². The van der Waals surface area contributed by atoms with Crippen molar-refractivity contribution in [2.75, 3.05) is 13.2 Å². The van der Waals surface area contributed by atoms with Crippen molar-refractivity contribution in [1.82, 2.24) is 5.32 Å². The fraction of sp³-hybridized carbons (Fsp3) is 0.833. The molecule has 7 N–H and O–H groups in total.